The standard InChI is InChI=1S/C16H9F6N5O/c1-25-13(28)9(5-27-7-11(16(20,21)22)24-14(25)27)10-6-26-3-2-8(15(17,18)19)4-12(26)23-10/h2-7H,1H3. The Morgan fingerprint density at radius 1 is 0.929 bits per heavy atom. The van der Waals surface area contributed by atoms with Gasteiger partial charge in [-0.25, -0.2) is 9.97 Å². The van der Waals surface area contributed by atoms with E-state index in [2.05, 4.69) is 9.97 Å². The van der Waals surface area contributed by atoms with Gasteiger partial charge < -0.3 is 4.40 Å². The van der Waals surface area contributed by atoms with Crippen LogP contribution >= 0.6 is 0 Å². The highest BCUT2D eigenvalue weighted by molar-refractivity contribution is 5.62. The number of imidazole rings is 2. The zero-order valence-electron chi connectivity index (χ0n) is 13.9. The fourth-order valence-electron chi connectivity index (χ4n) is 2.79. The van der Waals surface area contributed by atoms with Gasteiger partial charge in [0.05, 0.1) is 16.8 Å². The van der Waals surface area contributed by atoms with Crippen LogP contribution in [0.5, 0.6) is 0 Å². The second-order valence-corrected chi connectivity index (χ2v) is 6.04. The summed E-state index contributed by atoms with van der Waals surface area (Å²) in [6.45, 7) is 0. The van der Waals surface area contributed by atoms with E-state index >= 15 is 0 Å². The molecule has 0 unspecified atom stereocenters. The maximum absolute atomic E-state index is 12.9. The third kappa shape index (κ3) is 2.80. The van der Waals surface area contributed by atoms with Crippen LogP contribution in [0.3, 0.4) is 0 Å². The fourth-order valence-corrected chi connectivity index (χ4v) is 2.79. The Hall–Kier alpha value is -3.31. The third-order valence-corrected chi connectivity index (χ3v) is 4.17. The van der Waals surface area contributed by atoms with Gasteiger partial charge in [0.15, 0.2) is 5.69 Å². The highest BCUT2D eigenvalue weighted by Gasteiger charge is 2.34. The molecule has 12 heteroatoms. The molecule has 0 fully saturated rings. The molecule has 0 atom stereocenters. The van der Waals surface area contributed by atoms with E-state index < -0.39 is 29.2 Å². The maximum Gasteiger partial charge on any atom is 0.434 e. The van der Waals surface area contributed by atoms with E-state index in [0.717, 1.165) is 39.7 Å². The number of hydrogen-bond donors (Lipinski definition) is 0. The summed E-state index contributed by atoms with van der Waals surface area (Å²) in [7, 11) is 1.24. The van der Waals surface area contributed by atoms with Crippen LogP contribution in [0.1, 0.15) is 11.3 Å². The van der Waals surface area contributed by atoms with Crippen LogP contribution < -0.4 is 5.56 Å². The van der Waals surface area contributed by atoms with Crippen molar-refractivity contribution in [3.05, 3.63) is 58.5 Å². The van der Waals surface area contributed by atoms with E-state index in [1.165, 1.54) is 17.6 Å². The number of aryl methyl sites for hydroxylation is 1. The number of halogens is 6. The highest BCUT2D eigenvalue weighted by atomic mass is 19.4. The molecule has 0 saturated carbocycles. The second kappa shape index (κ2) is 5.59. The molecule has 0 aliphatic rings. The van der Waals surface area contributed by atoms with Crippen LogP contribution in [0.2, 0.25) is 0 Å². The smallest absolute Gasteiger partial charge is 0.306 e. The average molecular weight is 401 g/mol. The summed E-state index contributed by atoms with van der Waals surface area (Å²) in [5.41, 5.74) is -2.91. The minimum Gasteiger partial charge on any atom is -0.306 e. The monoisotopic (exact) mass is 401 g/mol. The van der Waals surface area contributed by atoms with Crippen molar-refractivity contribution in [1.82, 2.24) is 23.3 Å². The van der Waals surface area contributed by atoms with Crippen LogP contribution in [0.15, 0.2) is 41.7 Å². The van der Waals surface area contributed by atoms with Crippen LogP contribution in [0.25, 0.3) is 22.7 Å². The number of nitrogens with zero attached hydrogens (tertiary/aromatic N) is 5. The van der Waals surface area contributed by atoms with Crippen LogP contribution in [-0.2, 0) is 19.4 Å². The van der Waals surface area contributed by atoms with Crippen molar-refractivity contribution in [2.45, 2.75) is 12.4 Å². The lowest BCUT2D eigenvalue weighted by molar-refractivity contribution is -0.141. The third-order valence-electron chi connectivity index (χ3n) is 4.17. The van der Waals surface area contributed by atoms with Gasteiger partial charge in [-0.1, -0.05) is 0 Å². The number of rotatable bonds is 1. The van der Waals surface area contributed by atoms with E-state index in [9.17, 15) is 31.1 Å². The second-order valence-electron chi connectivity index (χ2n) is 6.04. The van der Waals surface area contributed by atoms with Crippen molar-refractivity contribution < 1.29 is 26.3 Å². The first-order chi connectivity index (χ1) is 12.9. The molecule has 4 rings (SSSR count). The minimum atomic E-state index is -4.70. The Morgan fingerprint density at radius 2 is 1.64 bits per heavy atom. The number of pyridine rings is 1. The van der Waals surface area contributed by atoms with Crippen LogP contribution in [0, 0.1) is 0 Å². The van der Waals surface area contributed by atoms with Gasteiger partial charge in [-0.2, -0.15) is 26.3 Å². The van der Waals surface area contributed by atoms with E-state index in [-0.39, 0.29) is 22.7 Å². The van der Waals surface area contributed by atoms with Crippen LogP contribution in [0.4, 0.5) is 26.3 Å². The zero-order chi connectivity index (χ0) is 20.4. The summed E-state index contributed by atoms with van der Waals surface area (Å²) in [5.74, 6) is -0.232. The lowest BCUT2D eigenvalue weighted by Crippen LogP contribution is -2.21. The van der Waals surface area contributed by atoms with Crippen molar-refractivity contribution >= 4 is 11.4 Å². The van der Waals surface area contributed by atoms with Gasteiger partial charge in [-0.3, -0.25) is 13.8 Å². The first kappa shape index (κ1) is 18.1. The molecule has 28 heavy (non-hydrogen) atoms. The molecule has 4 heterocycles. The molecule has 0 aromatic carbocycles. The molecular formula is C16H9F6N5O. The van der Waals surface area contributed by atoms with Gasteiger partial charge in [-0.05, 0) is 12.1 Å². The molecule has 0 saturated heterocycles. The summed E-state index contributed by atoms with van der Waals surface area (Å²) in [6, 6.07) is 1.66. The Morgan fingerprint density at radius 3 is 2.29 bits per heavy atom. The normalized spacial score (nSPS) is 13.0. The first-order valence-corrected chi connectivity index (χ1v) is 7.67. The molecule has 146 valence electrons. The van der Waals surface area contributed by atoms with Gasteiger partial charge in [0.25, 0.3) is 5.56 Å². The van der Waals surface area contributed by atoms with Crippen molar-refractivity contribution in [3.8, 4) is 11.3 Å². The average Bonchev–Trinajstić information content (AvgIpc) is 3.20. The van der Waals surface area contributed by atoms with E-state index in [1.54, 1.807) is 0 Å². The molecule has 0 amide bonds. The molecule has 0 radical (unpaired) electrons. The Balaban J connectivity index is 1.91. The SMILES string of the molecule is Cn1c(=O)c(-c2cn3ccc(C(F)(F)F)cc3n2)cn2cc(C(F)(F)F)nc12. The lowest BCUT2D eigenvalue weighted by Gasteiger charge is -2.05. The highest BCUT2D eigenvalue weighted by Crippen LogP contribution is 2.31. The molecule has 4 aromatic rings. The van der Waals surface area contributed by atoms with Gasteiger partial charge in [0.1, 0.15) is 5.65 Å². The number of aromatic nitrogens is 5. The van der Waals surface area contributed by atoms with Gasteiger partial charge in [0, 0.05) is 31.8 Å². The van der Waals surface area contributed by atoms with Crippen molar-refractivity contribution in [3.63, 3.8) is 0 Å². The van der Waals surface area contributed by atoms with E-state index in [4.69, 9.17) is 0 Å². The summed E-state index contributed by atoms with van der Waals surface area (Å²) >= 11 is 0. The molecule has 0 bridgehead atoms. The Labute approximate surface area is 151 Å². The van der Waals surface area contributed by atoms with Crippen molar-refractivity contribution in [2.75, 3.05) is 0 Å². The fraction of sp³-hybridized carbons (Fsp3) is 0.188. The molecule has 0 aliphatic heterocycles. The molecule has 6 nitrogen and oxygen atoms in total. The number of hydrogen-bond acceptors (Lipinski definition) is 3. The summed E-state index contributed by atoms with van der Waals surface area (Å²) < 4.78 is 80.4. The first-order valence-electron chi connectivity index (χ1n) is 7.67. The van der Waals surface area contributed by atoms with E-state index in [0.29, 0.717) is 0 Å². The zero-order valence-corrected chi connectivity index (χ0v) is 13.9. The largest absolute Gasteiger partial charge is 0.434 e. The van der Waals surface area contributed by atoms with Crippen LogP contribution in [-0.4, -0.2) is 23.3 Å². The molecule has 0 aliphatic carbocycles. The minimum absolute atomic E-state index is 0.0177. The van der Waals surface area contributed by atoms with Crippen molar-refractivity contribution in [2.24, 2.45) is 7.05 Å². The lowest BCUT2D eigenvalue weighted by atomic mass is 10.2. The number of alkyl halides is 6. The summed E-state index contributed by atoms with van der Waals surface area (Å²) in [4.78, 5) is 20.0. The predicted molar refractivity (Wildman–Crippen MR) is 84.6 cm³/mol. The van der Waals surface area contributed by atoms with E-state index in [1.807, 2.05) is 0 Å². The molecule has 0 N–H and O–H groups in total. The number of fused-ring (bicyclic) bond motifs is 2. The van der Waals surface area contributed by atoms with Crippen molar-refractivity contribution in [1.29, 1.82) is 0 Å². The van der Waals surface area contributed by atoms with Gasteiger partial charge >= 0.3 is 12.4 Å². The maximum atomic E-state index is 12.9. The quantitative estimate of drug-likeness (QED) is 0.460. The summed E-state index contributed by atoms with van der Waals surface area (Å²) in [6.07, 6.45) is -4.97. The topological polar surface area (TPSA) is 56.6 Å². The Kier molecular flexibility index (Phi) is 3.61. The molecule has 0 spiro atoms. The molecular weight excluding hydrogens is 392 g/mol. The Bertz CT molecular complexity index is 1280. The molecule has 4 aromatic heterocycles. The van der Waals surface area contributed by atoms with Gasteiger partial charge in [-0.15, -0.1) is 0 Å². The van der Waals surface area contributed by atoms with Gasteiger partial charge in [0.2, 0.25) is 5.78 Å². The summed E-state index contributed by atoms with van der Waals surface area (Å²) in [5, 5.41) is 0. The predicted octanol–water partition coefficient (Wildman–Crippen LogP) is 3.39.